The Morgan fingerprint density at radius 2 is 1.00 bits per heavy atom. The van der Waals surface area contributed by atoms with Gasteiger partial charge >= 0.3 is 0 Å². The number of anilines is 8. The summed E-state index contributed by atoms with van der Waals surface area (Å²) < 4.78 is 0. The molecule has 0 N–H and O–H groups in total. The Morgan fingerprint density at radius 1 is 0.444 bits per heavy atom. The van der Waals surface area contributed by atoms with Crippen molar-refractivity contribution < 1.29 is 0 Å². The van der Waals surface area contributed by atoms with E-state index >= 15 is 0 Å². The summed E-state index contributed by atoms with van der Waals surface area (Å²) in [5.74, 6) is 0. The highest BCUT2D eigenvalue weighted by Gasteiger charge is 2.61. The van der Waals surface area contributed by atoms with Crippen LogP contribution in [0.2, 0.25) is 0 Å². The Balaban J connectivity index is 1.23. The molecule has 3 heterocycles. The van der Waals surface area contributed by atoms with Crippen molar-refractivity contribution in [3.05, 3.63) is 198 Å². The maximum absolute atomic E-state index is 2.89. The summed E-state index contributed by atoms with van der Waals surface area (Å²) in [6.07, 6.45) is 4.72. The summed E-state index contributed by atoms with van der Waals surface area (Å²) in [7, 11) is 0. The minimum atomic E-state index is -0.163. The molecule has 1 fully saturated rings. The Labute approximate surface area is 430 Å². The predicted octanol–water partition coefficient (Wildman–Crippen LogP) is 16.7. The van der Waals surface area contributed by atoms with Gasteiger partial charge in [0.2, 0.25) is 0 Å². The second-order valence-corrected chi connectivity index (χ2v) is 25.0. The molecule has 4 aliphatic rings. The van der Waals surface area contributed by atoms with Crippen LogP contribution >= 0.6 is 0 Å². The highest BCUT2D eigenvalue weighted by atomic mass is 15.3. The average Bonchev–Trinajstić information content (AvgIpc) is 3.58. The molecule has 0 spiro atoms. The van der Waals surface area contributed by atoms with Crippen LogP contribution in [0.25, 0.3) is 22.3 Å². The molecule has 3 aliphatic heterocycles. The minimum Gasteiger partial charge on any atom is -0.335 e. The van der Waals surface area contributed by atoms with Gasteiger partial charge in [0.25, 0.3) is 6.71 Å². The van der Waals surface area contributed by atoms with Crippen LogP contribution in [-0.2, 0) is 21.7 Å². The van der Waals surface area contributed by atoms with Crippen LogP contribution in [0, 0.1) is 0 Å². The van der Waals surface area contributed by atoms with E-state index in [9.17, 15) is 0 Å². The summed E-state index contributed by atoms with van der Waals surface area (Å²) >= 11 is 0. The van der Waals surface area contributed by atoms with Gasteiger partial charge in [-0.05, 0) is 152 Å². The van der Waals surface area contributed by atoms with Crippen molar-refractivity contribution in [3.63, 3.8) is 0 Å². The number of hydrogen-bond donors (Lipinski definition) is 0. The molecule has 4 heteroatoms. The lowest BCUT2D eigenvalue weighted by molar-refractivity contribution is 0.195. The predicted molar refractivity (Wildman–Crippen MR) is 310 cm³/mol. The number of para-hydroxylation sites is 2. The van der Waals surface area contributed by atoms with E-state index in [0.717, 1.165) is 29.9 Å². The lowest BCUT2D eigenvalue weighted by Crippen LogP contribution is -2.64. The molecule has 8 aromatic carbocycles. The zero-order valence-electron chi connectivity index (χ0n) is 44.5. The largest absolute Gasteiger partial charge is 0.335 e. The third-order valence-electron chi connectivity index (χ3n) is 17.4. The minimum absolute atomic E-state index is 0.00797. The molecule has 72 heavy (non-hydrogen) atoms. The molecule has 12 rings (SSSR count). The topological polar surface area (TPSA) is 9.72 Å². The number of nitrogens with zero attached hydrogens (tertiary/aromatic N) is 3. The fourth-order valence-electron chi connectivity index (χ4n) is 13.2. The summed E-state index contributed by atoms with van der Waals surface area (Å²) in [4.78, 5) is 8.07. The summed E-state index contributed by atoms with van der Waals surface area (Å²) in [6.45, 7) is 26.3. The maximum Gasteiger partial charge on any atom is 0.252 e. The van der Waals surface area contributed by atoms with Crippen LogP contribution in [0.1, 0.15) is 124 Å². The zero-order valence-corrected chi connectivity index (χ0v) is 44.5. The Bertz CT molecular complexity index is 3350. The van der Waals surface area contributed by atoms with Gasteiger partial charge in [-0.2, -0.15) is 0 Å². The van der Waals surface area contributed by atoms with Crippen LogP contribution < -0.4 is 31.1 Å². The van der Waals surface area contributed by atoms with Gasteiger partial charge in [-0.1, -0.05) is 197 Å². The Kier molecular flexibility index (Phi) is 10.5. The van der Waals surface area contributed by atoms with E-state index < -0.39 is 0 Å². The highest BCUT2D eigenvalue weighted by molar-refractivity contribution is 7.00. The van der Waals surface area contributed by atoms with Gasteiger partial charge in [0.05, 0.1) is 16.9 Å². The quantitative estimate of drug-likeness (QED) is 0.154. The molecule has 1 saturated carbocycles. The van der Waals surface area contributed by atoms with Crippen LogP contribution in [0.3, 0.4) is 0 Å². The molecular weight excluding hydrogens is 870 g/mol. The first-order valence-electron chi connectivity index (χ1n) is 26.7. The molecule has 3 nitrogen and oxygen atoms in total. The van der Waals surface area contributed by atoms with Gasteiger partial charge in [-0.25, -0.2) is 0 Å². The standard InChI is InChI=1S/C68H70BN3/c1-64(2,3)48-31-29-45(30-32-48)47-39-55-63-57(40-47)69-56-35-33-50(66(7,8)9)42-59(56)71(58-36-34-49(65(4,5)6)41-54(58)46-23-15-12-16-24-46)60-43-53(70(51-25-17-13-18-26-51)52-27-19-14-20-28-52)44-61(62(60)69)72(63)68(11)38-22-21-37-67(55,68)10/h12-20,23-36,39-44H,21-22,37-38H2,1-11H3. The number of hydrogen-bond acceptors (Lipinski definition) is 3. The zero-order chi connectivity index (χ0) is 50.1. The summed E-state index contributed by atoms with van der Waals surface area (Å²) in [5.41, 5.74) is 24.4. The van der Waals surface area contributed by atoms with Crippen molar-refractivity contribution in [2.45, 2.75) is 129 Å². The molecule has 0 aromatic heterocycles. The van der Waals surface area contributed by atoms with Crippen molar-refractivity contribution >= 4 is 68.6 Å². The Morgan fingerprint density at radius 3 is 1.62 bits per heavy atom. The fraction of sp³-hybridized carbons (Fsp3) is 0.294. The van der Waals surface area contributed by atoms with E-state index in [1.165, 1.54) is 102 Å². The maximum atomic E-state index is 2.89. The van der Waals surface area contributed by atoms with Crippen LogP contribution in [0.15, 0.2) is 176 Å². The van der Waals surface area contributed by atoms with E-state index in [1.54, 1.807) is 0 Å². The van der Waals surface area contributed by atoms with E-state index in [4.69, 9.17) is 0 Å². The van der Waals surface area contributed by atoms with E-state index in [1.807, 2.05) is 0 Å². The van der Waals surface area contributed by atoms with Crippen LogP contribution in [0.5, 0.6) is 0 Å². The van der Waals surface area contributed by atoms with Crippen molar-refractivity contribution in [2.24, 2.45) is 0 Å². The average molecular weight is 940 g/mol. The van der Waals surface area contributed by atoms with Gasteiger partial charge in [-0.15, -0.1) is 0 Å². The van der Waals surface area contributed by atoms with Gasteiger partial charge in [0.15, 0.2) is 0 Å². The second kappa shape index (κ2) is 16.4. The van der Waals surface area contributed by atoms with E-state index in [-0.39, 0.29) is 33.9 Å². The third kappa shape index (κ3) is 7.14. The molecule has 2 unspecified atom stereocenters. The molecule has 8 aromatic rings. The lowest BCUT2D eigenvalue weighted by atomic mass is 9.33. The van der Waals surface area contributed by atoms with Crippen molar-refractivity contribution in [2.75, 3.05) is 14.7 Å². The fourth-order valence-corrected chi connectivity index (χ4v) is 13.2. The molecular formula is C68H70BN3. The molecule has 2 atom stereocenters. The van der Waals surface area contributed by atoms with Crippen LogP contribution in [-0.4, -0.2) is 12.3 Å². The van der Waals surface area contributed by atoms with Crippen molar-refractivity contribution in [1.82, 2.24) is 0 Å². The highest BCUT2D eigenvalue weighted by Crippen LogP contribution is 2.63. The second-order valence-electron chi connectivity index (χ2n) is 25.0. The van der Waals surface area contributed by atoms with Crippen molar-refractivity contribution in [3.8, 4) is 22.3 Å². The molecule has 0 amide bonds. The normalized spacial score (nSPS) is 18.8. The number of rotatable bonds is 6. The number of fused-ring (bicyclic) bond motifs is 7. The SMILES string of the molecule is CC(C)(C)c1ccc(-c2cc3c4c(c2)C2(C)CCCCC2(C)N4c2cc(N(c4ccccc4)c4ccccc4)cc4c2B3c2ccc(C(C)(C)C)cc2N4c2ccc(C(C)(C)C)cc2-c2ccccc2)cc1. The molecule has 1 aliphatic carbocycles. The van der Waals surface area contributed by atoms with Crippen LogP contribution in [0.4, 0.5) is 45.5 Å². The third-order valence-corrected chi connectivity index (χ3v) is 17.4. The first kappa shape index (κ1) is 46.3. The van der Waals surface area contributed by atoms with Gasteiger partial charge in [0, 0.05) is 45.1 Å². The van der Waals surface area contributed by atoms with E-state index in [0.29, 0.717) is 0 Å². The molecule has 360 valence electrons. The van der Waals surface area contributed by atoms with Gasteiger partial charge < -0.3 is 14.7 Å². The lowest BCUT2D eigenvalue weighted by Gasteiger charge is -2.53. The van der Waals surface area contributed by atoms with Gasteiger partial charge in [0.1, 0.15) is 0 Å². The molecule has 0 bridgehead atoms. The number of benzene rings is 8. The smallest absolute Gasteiger partial charge is 0.252 e. The molecule has 0 radical (unpaired) electrons. The summed E-state index contributed by atoms with van der Waals surface area (Å²) in [5, 5.41) is 0. The Hall–Kier alpha value is -6.78. The van der Waals surface area contributed by atoms with E-state index in [2.05, 4.69) is 267 Å². The first-order valence-corrected chi connectivity index (χ1v) is 26.7. The molecule has 0 saturated heterocycles. The van der Waals surface area contributed by atoms with Crippen molar-refractivity contribution in [1.29, 1.82) is 0 Å². The summed E-state index contributed by atoms with van der Waals surface area (Å²) in [6, 6.07) is 67.8. The monoisotopic (exact) mass is 940 g/mol. The van der Waals surface area contributed by atoms with Gasteiger partial charge in [-0.3, -0.25) is 0 Å². The first-order chi connectivity index (χ1) is 34.3.